The molecule has 0 heterocycles. The van der Waals surface area contributed by atoms with Gasteiger partial charge in [0.25, 0.3) is 0 Å². The molecule has 5 nitrogen and oxygen atoms in total. The Bertz CT molecular complexity index is 671. The van der Waals surface area contributed by atoms with Gasteiger partial charge in [-0.25, -0.2) is 0 Å². The average Bonchev–Trinajstić information content (AvgIpc) is 2.55. The van der Waals surface area contributed by atoms with E-state index in [1.165, 1.54) is 0 Å². The molecule has 2 amide bonds. The van der Waals surface area contributed by atoms with Crippen LogP contribution in [0.5, 0.6) is 5.75 Å². The van der Waals surface area contributed by atoms with Crippen LogP contribution in [0, 0.1) is 0 Å². The van der Waals surface area contributed by atoms with Gasteiger partial charge in [-0.05, 0) is 24.6 Å². The molecule has 5 heteroatoms. The number of hydrogen-bond acceptors (Lipinski definition) is 3. The topological polar surface area (TPSA) is 67.4 Å². The maximum atomic E-state index is 12.0. The van der Waals surface area contributed by atoms with Crippen LogP contribution in [0.15, 0.2) is 54.6 Å². The van der Waals surface area contributed by atoms with Gasteiger partial charge >= 0.3 is 0 Å². The zero-order valence-corrected chi connectivity index (χ0v) is 13.2. The first-order chi connectivity index (χ1) is 11.1. The van der Waals surface area contributed by atoms with Crippen molar-refractivity contribution in [3.8, 4) is 5.75 Å². The van der Waals surface area contributed by atoms with Crippen molar-refractivity contribution in [1.29, 1.82) is 0 Å². The minimum absolute atomic E-state index is 0.145. The van der Waals surface area contributed by atoms with Gasteiger partial charge in [0.1, 0.15) is 12.2 Å². The maximum Gasteiger partial charge on any atom is 0.233 e. The van der Waals surface area contributed by atoms with E-state index in [0.717, 1.165) is 5.56 Å². The van der Waals surface area contributed by atoms with E-state index in [0.29, 0.717) is 11.4 Å². The van der Waals surface area contributed by atoms with E-state index in [4.69, 9.17) is 4.74 Å². The lowest BCUT2D eigenvalue weighted by molar-refractivity contribution is -0.127. The highest BCUT2D eigenvalue weighted by molar-refractivity contribution is 6.03. The Morgan fingerprint density at radius 1 is 1.04 bits per heavy atom. The summed E-state index contributed by atoms with van der Waals surface area (Å²) < 4.78 is 5.09. The molecule has 0 spiro atoms. The van der Waals surface area contributed by atoms with Crippen LogP contribution in [-0.2, 0) is 9.59 Å². The summed E-state index contributed by atoms with van der Waals surface area (Å²) in [5.74, 6) is -0.0392. The van der Waals surface area contributed by atoms with Crippen LogP contribution >= 0.6 is 0 Å². The summed E-state index contributed by atoms with van der Waals surface area (Å²) in [7, 11) is 1.55. The first kappa shape index (κ1) is 16.5. The van der Waals surface area contributed by atoms with Crippen LogP contribution in [0.3, 0.4) is 0 Å². The van der Waals surface area contributed by atoms with Crippen molar-refractivity contribution in [2.45, 2.75) is 19.4 Å². The van der Waals surface area contributed by atoms with Crippen molar-refractivity contribution >= 4 is 17.5 Å². The van der Waals surface area contributed by atoms with Gasteiger partial charge in [-0.15, -0.1) is 0 Å². The molecular formula is C18H20N2O3. The van der Waals surface area contributed by atoms with Gasteiger partial charge in [0, 0.05) is 11.8 Å². The summed E-state index contributed by atoms with van der Waals surface area (Å²) >= 11 is 0. The minimum Gasteiger partial charge on any atom is -0.497 e. The van der Waals surface area contributed by atoms with E-state index < -0.39 is 0 Å². The second-order valence-electron chi connectivity index (χ2n) is 5.16. The highest BCUT2D eigenvalue weighted by Gasteiger charge is 2.13. The lowest BCUT2D eigenvalue weighted by Crippen LogP contribution is -2.30. The van der Waals surface area contributed by atoms with E-state index in [1.54, 1.807) is 31.4 Å². The molecule has 2 rings (SSSR count). The maximum absolute atomic E-state index is 12.0. The molecule has 2 aromatic rings. The van der Waals surface area contributed by atoms with Crippen molar-refractivity contribution in [3.05, 3.63) is 60.2 Å². The lowest BCUT2D eigenvalue weighted by Gasteiger charge is -2.14. The number of ether oxygens (including phenoxy) is 1. The summed E-state index contributed by atoms with van der Waals surface area (Å²) in [5.41, 5.74) is 1.59. The summed E-state index contributed by atoms with van der Waals surface area (Å²) in [6.07, 6.45) is -0.228. The van der Waals surface area contributed by atoms with Crippen LogP contribution in [-0.4, -0.2) is 18.9 Å². The van der Waals surface area contributed by atoms with Crippen molar-refractivity contribution < 1.29 is 14.3 Å². The SMILES string of the molecule is COc1cccc(NC(=O)CC(=O)NC(C)c2ccccc2)c1. The second-order valence-corrected chi connectivity index (χ2v) is 5.16. The zero-order chi connectivity index (χ0) is 16.7. The number of rotatable bonds is 6. The fourth-order valence-corrected chi connectivity index (χ4v) is 2.17. The third-order valence-corrected chi connectivity index (χ3v) is 3.35. The van der Waals surface area contributed by atoms with Crippen LogP contribution < -0.4 is 15.4 Å². The van der Waals surface area contributed by atoms with Gasteiger partial charge in [-0.1, -0.05) is 36.4 Å². The Kier molecular flexibility index (Phi) is 5.74. The Morgan fingerprint density at radius 2 is 1.78 bits per heavy atom. The van der Waals surface area contributed by atoms with E-state index in [1.807, 2.05) is 37.3 Å². The number of hydrogen-bond donors (Lipinski definition) is 2. The first-order valence-electron chi connectivity index (χ1n) is 7.36. The van der Waals surface area contributed by atoms with E-state index in [2.05, 4.69) is 10.6 Å². The number of methoxy groups -OCH3 is 1. The molecule has 23 heavy (non-hydrogen) atoms. The van der Waals surface area contributed by atoms with Gasteiger partial charge < -0.3 is 15.4 Å². The molecule has 0 aliphatic rings. The molecule has 1 atom stereocenters. The van der Waals surface area contributed by atoms with Gasteiger partial charge in [0.2, 0.25) is 11.8 Å². The van der Waals surface area contributed by atoms with Crippen LogP contribution in [0.2, 0.25) is 0 Å². The van der Waals surface area contributed by atoms with E-state index >= 15 is 0 Å². The summed E-state index contributed by atoms with van der Waals surface area (Å²) in [6, 6.07) is 16.4. The number of amides is 2. The Morgan fingerprint density at radius 3 is 2.48 bits per heavy atom. The van der Waals surface area contributed by atoms with Crippen LogP contribution in [0.25, 0.3) is 0 Å². The number of carbonyl (C=O) groups excluding carboxylic acids is 2. The molecule has 120 valence electrons. The van der Waals surface area contributed by atoms with Crippen molar-refractivity contribution in [3.63, 3.8) is 0 Å². The first-order valence-corrected chi connectivity index (χ1v) is 7.36. The molecule has 0 aliphatic heterocycles. The number of nitrogens with one attached hydrogen (secondary N) is 2. The van der Waals surface area contributed by atoms with Crippen LogP contribution in [0.1, 0.15) is 24.9 Å². The Balaban J connectivity index is 1.86. The largest absolute Gasteiger partial charge is 0.497 e. The molecule has 2 N–H and O–H groups in total. The molecule has 0 saturated heterocycles. The highest BCUT2D eigenvalue weighted by atomic mass is 16.5. The zero-order valence-electron chi connectivity index (χ0n) is 13.2. The minimum atomic E-state index is -0.365. The van der Waals surface area contributed by atoms with Gasteiger partial charge in [0.15, 0.2) is 0 Å². The predicted octanol–water partition coefficient (Wildman–Crippen LogP) is 2.90. The predicted molar refractivity (Wildman–Crippen MR) is 89.2 cm³/mol. The average molecular weight is 312 g/mol. The Hall–Kier alpha value is -2.82. The molecule has 2 aromatic carbocycles. The Labute approximate surface area is 135 Å². The molecule has 0 fully saturated rings. The molecular weight excluding hydrogens is 292 g/mol. The normalized spacial score (nSPS) is 11.4. The monoisotopic (exact) mass is 312 g/mol. The highest BCUT2D eigenvalue weighted by Crippen LogP contribution is 2.17. The molecule has 0 aliphatic carbocycles. The van der Waals surface area contributed by atoms with Crippen LogP contribution in [0.4, 0.5) is 5.69 Å². The standard InChI is InChI=1S/C18H20N2O3/c1-13(14-7-4-3-5-8-14)19-17(21)12-18(22)20-15-9-6-10-16(11-15)23-2/h3-11,13H,12H2,1-2H3,(H,19,21)(H,20,22). The number of anilines is 1. The number of carbonyl (C=O) groups is 2. The molecule has 0 radical (unpaired) electrons. The molecule has 0 bridgehead atoms. The smallest absolute Gasteiger partial charge is 0.233 e. The lowest BCUT2D eigenvalue weighted by atomic mass is 10.1. The fourth-order valence-electron chi connectivity index (χ4n) is 2.17. The third-order valence-electron chi connectivity index (χ3n) is 3.35. The van der Waals surface area contributed by atoms with Crippen molar-refractivity contribution in [2.75, 3.05) is 12.4 Å². The second kappa shape index (κ2) is 7.98. The van der Waals surface area contributed by atoms with E-state index in [9.17, 15) is 9.59 Å². The van der Waals surface area contributed by atoms with Gasteiger partial charge in [-0.2, -0.15) is 0 Å². The fraction of sp³-hybridized carbons (Fsp3) is 0.222. The third kappa shape index (κ3) is 5.14. The summed E-state index contributed by atoms with van der Waals surface area (Å²) in [6.45, 7) is 1.88. The quantitative estimate of drug-likeness (QED) is 0.806. The number of benzene rings is 2. The van der Waals surface area contributed by atoms with Gasteiger partial charge in [0.05, 0.1) is 13.2 Å². The molecule has 1 unspecified atom stereocenters. The van der Waals surface area contributed by atoms with Gasteiger partial charge in [-0.3, -0.25) is 9.59 Å². The summed E-state index contributed by atoms with van der Waals surface area (Å²) in [4.78, 5) is 23.9. The summed E-state index contributed by atoms with van der Waals surface area (Å²) in [5, 5.41) is 5.49. The van der Waals surface area contributed by atoms with Crippen molar-refractivity contribution in [2.24, 2.45) is 0 Å². The molecule has 0 saturated carbocycles. The van der Waals surface area contributed by atoms with E-state index in [-0.39, 0.29) is 24.3 Å². The van der Waals surface area contributed by atoms with Crippen molar-refractivity contribution in [1.82, 2.24) is 5.32 Å². The molecule has 0 aromatic heterocycles.